The third-order valence-corrected chi connectivity index (χ3v) is 3.13. The summed E-state index contributed by atoms with van der Waals surface area (Å²) < 4.78 is 0. The first-order chi connectivity index (χ1) is 10.1. The zero-order valence-corrected chi connectivity index (χ0v) is 12.4. The highest BCUT2D eigenvalue weighted by Gasteiger charge is 2.03. The molecule has 0 aliphatic carbocycles. The molecule has 2 aromatic rings. The monoisotopic (exact) mass is 295 g/mol. The van der Waals surface area contributed by atoms with Gasteiger partial charge in [-0.15, -0.1) is 0 Å². The van der Waals surface area contributed by atoms with Gasteiger partial charge in [0.2, 0.25) is 0 Å². The molecule has 0 radical (unpaired) electrons. The maximum Gasteiger partial charge on any atom is 0.0992 e. The lowest BCUT2D eigenvalue weighted by Crippen LogP contribution is -2.08. The molecule has 0 fully saturated rings. The molecule has 0 spiro atoms. The number of aromatic nitrogens is 1. The molecule has 0 aliphatic rings. The van der Waals surface area contributed by atoms with Crippen molar-refractivity contribution in [1.29, 1.82) is 5.26 Å². The number of hydrogen-bond donors (Lipinski definition) is 0. The van der Waals surface area contributed by atoms with Crippen LogP contribution in [0.1, 0.15) is 11.3 Å². The van der Waals surface area contributed by atoms with E-state index in [-0.39, 0.29) is 0 Å². The highest BCUT2D eigenvalue weighted by atomic mass is 35.5. The van der Waals surface area contributed by atoms with Crippen LogP contribution in [0.3, 0.4) is 0 Å². The van der Waals surface area contributed by atoms with Gasteiger partial charge in [0.25, 0.3) is 0 Å². The second kappa shape index (κ2) is 6.74. The van der Waals surface area contributed by atoms with E-state index in [1.807, 2.05) is 42.4 Å². The lowest BCUT2D eigenvalue weighted by atomic mass is 10.2. The predicted octanol–water partition coefficient (Wildman–Crippen LogP) is 4.27. The van der Waals surface area contributed by atoms with Crippen LogP contribution in [0, 0.1) is 11.3 Å². The van der Waals surface area contributed by atoms with Crippen molar-refractivity contribution in [1.82, 2.24) is 4.98 Å². The van der Waals surface area contributed by atoms with Crippen molar-refractivity contribution in [2.24, 2.45) is 0 Å². The summed E-state index contributed by atoms with van der Waals surface area (Å²) >= 11 is 6.00. The Morgan fingerprint density at radius 2 is 2.19 bits per heavy atom. The fraction of sp³-hybridized carbons (Fsp3) is 0.0588. The Hall–Kier alpha value is -2.57. The van der Waals surface area contributed by atoms with Crippen LogP contribution in [-0.4, -0.2) is 12.0 Å². The summed E-state index contributed by atoms with van der Waals surface area (Å²) in [6.07, 6.45) is 5.47. The number of benzene rings is 1. The molecule has 0 amide bonds. The number of rotatable bonds is 4. The largest absolute Gasteiger partial charge is 0.351 e. The normalized spacial score (nSPS) is 10.3. The number of hydrogen-bond acceptors (Lipinski definition) is 3. The average Bonchev–Trinajstić information content (AvgIpc) is 2.52. The summed E-state index contributed by atoms with van der Waals surface area (Å²) in [6, 6.07) is 13.0. The summed E-state index contributed by atoms with van der Waals surface area (Å²) in [5.74, 6) is 0. The average molecular weight is 296 g/mol. The minimum Gasteiger partial charge on any atom is -0.351 e. The van der Waals surface area contributed by atoms with Gasteiger partial charge in [0.15, 0.2) is 0 Å². The molecular weight excluding hydrogens is 282 g/mol. The summed E-state index contributed by atoms with van der Waals surface area (Å²) in [6.45, 7) is 3.99. The quantitative estimate of drug-likeness (QED) is 0.791. The summed E-state index contributed by atoms with van der Waals surface area (Å²) in [5.41, 5.74) is 3.00. The van der Waals surface area contributed by atoms with Gasteiger partial charge in [0, 0.05) is 30.2 Å². The SMILES string of the molecule is C=C(/C=C\N(C)c1cc(Cl)cc(C#N)c1)c1ccccn1. The van der Waals surface area contributed by atoms with Gasteiger partial charge in [-0.3, -0.25) is 4.98 Å². The Labute approximate surface area is 129 Å². The van der Waals surface area contributed by atoms with Crippen LogP contribution < -0.4 is 4.90 Å². The third kappa shape index (κ3) is 3.95. The lowest BCUT2D eigenvalue weighted by Gasteiger charge is -2.15. The first kappa shape index (κ1) is 14.8. The Balaban J connectivity index is 2.16. The molecule has 0 aliphatic heterocycles. The topological polar surface area (TPSA) is 39.9 Å². The molecule has 1 aromatic carbocycles. The number of nitriles is 1. The summed E-state index contributed by atoms with van der Waals surface area (Å²) in [4.78, 5) is 6.11. The van der Waals surface area contributed by atoms with Gasteiger partial charge < -0.3 is 4.90 Å². The Morgan fingerprint density at radius 3 is 2.86 bits per heavy atom. The van der Waals surface area contributed by atoms with Crippen molar-refractivity contribution in [2.75, 3.05) is 11.9 Å². The molecule has 0 atom stereocenters. The molecule has 21 heavy (non-hydrogen) atoms. The number of pyridine rings is 1. The van der Waals surface area contributed by atoms with Crippen LogP contribution in [0.2, 0.25) is 5.02 Å². The highest BCUT2D eigenvalue weighted by Crippen LogP contribution is 2.22. The van der Waals surface area contributed by atoms with Crippen molar-refractivity contribution in [3.8, 4) is 6.07 Å². The van der Waals surface area contributed by atoms with E-state index in [4.69, 9.17) is 16.9 Å². The Bertz CT molecular complexity index is 715. The third-order valence-electron chi connectivity index (χ3n) is 2.91. The zero-order valence-electron chi connectivity index (χ0n) is 11.6. The minimum absolute atomic E-state index is 0.529. The molecule has 1 heterocycles. The van der Waals surface area contributed by atoms with E-state index >= 15 is 0 Å². The van der Waals surface area contributed by atoms with Gasteiger partial charge in [0.05, 0.1) is 17.3 Å². The fourth-order valence-electron chi connectivity index (χ4n) is 1.77. The maximum atomic E-state index is 8.97. The molecule has 0 unspecified atom stereocenters. The molecule has 2 rings (SSSR count). The zero-order chi connectivity index (χ0) is 15.2. The molecule has 0 saturated carbocycles. The summed E-state index contributed by atoms with van der Waals surface area (Å²) in [7, 11) is 1.88. The minimum atomic E-state index is 0.529. The first-order valence-corrected chi connectivity index (χ1v) is 6.70. The van der Waals surface area contributed by atoms with E-state index in [0.29, 0.717) is 10.6 Å². The van der Waals surface area contributed by atoms with Crippen LogP contribution >= 0.6 is 11.6 Å². The maximum absolute atomic E-state index is 8.97. The fourth-order valence-corrected chi connectivity index (χ4v) is 2.00. The predicted molar refractivity (Wildman–Crippen MR) is 87.0 cm³/mol. The van der Waals surface area contributed by atoms with Gasteiger partial charge in [-0.1, -0.05) is 24.2 Å². The molecular formula is C17H14ClN3. The van der Waals surface area contributed by atoms with Crippen molar-refractivity contribution in [3.63, 3.8) is 0 Å². The molecule has 3 nitrogen and oxygen atoms in total. The summed E-state index contributed by atoms with van der Waals surface area (Å²) in [5, 5.41) is 9.50. The first-order valence-electron chi connectivity index (χ1n) is 6.32. The van der Waals surface area contributed by atoms with Gasteiger partial charge in [0.1, 0.15) is 0 Å². The molecule has 1 aromatic heterocycles. The van der Waals surface area contributed by atoms with E-state index in [1.54, 1.807) is 24.4 Å². The van der Waals surface area contributed by atoms with E-state index in [2.05, 4.69) is 17.6 Å². The van der Waals surface area contributed by atoms with Gasteiger partial charge >= 0.3 is 0 Å². The van der Waals surface area contributed by atoms with E-state index in [0.717, 1.165) is 17.0 Å². The second-order valence-corrected chi connectivity index (χ2v) is 4.91. The Morgan fingerprint density at radius 1 is 1.38 bits per heavy atom. The molecule has 4 heteroatoms. The molecule has 0 bridgehead atoms. The second-order valence-electron chi connectivity index (χ2n) is 4.48. The van der Waals surface area contributed by atoms with Crippen LogP contribution in [0.25, 0.3) is 5.57 Å². The standard InChI is InChI=1S/C17H14ClN3/c1-13(17-5-3-4-7-20-17)6-8-21(2)16-10-14(12-19)9-15(18)11-16/h3-11H,1H2,2H3/b8-6-. The number of anilines is 1. The Kier molecular flexibility index (Phi) is 4.76. The van der Waals surface area contributed by atoms with Crippen molar-refractivity contribution >= 4 is 22.9 Å². The van der Waals surface area contributed by atoms with Crippen LogP contribution in [-0.2, 0) is 0 Å². The highest BCUT2D eigenvalue weighted by molar-refractivity contribution is 6.31. The van der Waals surface area contributed by atoms with Crippen molar-refractivity contribution in [3.05, 3.63) is 77.7 Å². The van der Waals surface area contributed by atoms with Crippen LogP contribution in [0.4, 0.5) is 5.69 Å². The van der Waals surface area contributed by atoms with Crippen molar-refractivity contribution < 1.29 is 0 Å². The van der Waals surface area contributed by atoms with Crippen LogP contribution in [0.5, 0.6) is 0 Å². The van der Waals surface area contributed by atoms with E-state index in [9.17, 15) is 0 Å². The molecule has 104 valence electrons. The lowest BCUT2D eigenvalue weighted by molar-refractivity contribution is 1.20. The van der Waals surface area contributed by atoms with E-state index < -0.39 is 0 Å². The van der Waals surface area contributed by atoms with Gasteiger partial charge in [-0.25, -0.2) is 0 Å². The van der Waals surface area contributed by atoms with E-state index in [1.165, 1.54) is 0 Å². The smallest absolute Gasteiger partial charge is 0.0992 e. The van der Waals surface area contributed by atoms with Gasteiger partial charge in [-0.2, -0.15) is 5.26 Å². The van der Waals surface area contributed by atoms with Crippen molar-refractivity contribution in [2.45, 2.75) is 0 Å². The number of allylic oxidation sites excluding steroid dienone is 2. The van der Waals surface area contributed by atoms with Crippen LogP contribution in [0.15, 0.2) is 61.4 Å². The molecule has 0 N–H and O–H groups in total. The number of nitrogens with zero attached hydrogens (tertiary/aromatic N) is 3. The molecule has 0 saturated heterocycles. The number of halogens is 1. The van der Waals surface area contributed by atoms with Gasteiger partial charge in [-0.05, 0) is 42.0 Å².